The molecule has 1 saturated heterocycles. The van der Waals surface area contributed by atoms with Crippen molar-refractivity contribution in [3.05, 3.63) is 34.6 Å². The van der Waals surface area contributed by atoms with Crippen molar-refractivity contribution < 1.29 is 19.0 Å². The highest BCUT2D eigenvalue weighted by Crippen LogP contribution is 2.22. The van der Waals surface area contributed by atoms with Crippen LogP contribution in [0.1, 0.15) is 5.56 Å². The van der Waals surface area contributed by atoms with E-state index in [0.717, 1.165) is 0 Å². The highest BCUT2D eigenvalue weighted by atomic mass is 35.5. The Hall–Kier alpha value is -0.680. The van der Waals surface area contributed by atoms with Crippen molar-refractivity contribution in [1.29, 1.82) is 0 Å². The molecule has 1 aliphatic rings. The summed E-state index contributed by atoms with van der Waals surface area (Å²) >= 11 is 5.89. The van der Waals surface area contributed by atoms with Crippen molar-refractivity contribution in [3.63, 3.8) is 0 Å². The van der Waals surface area contributed by atoms with Gasteiger partial charge in [0.25, 0.3) is 0 Å². The Bertz CT molecular complexity index is 360. The average Bonchev–Trinajstić information content (AvgIpc) is 2.35. The number of hydrogen-bond acceptors (Lipinski definition) is 3. The number of halogens is 2. The van der Waals surface area contributed by atoms with Crippen LogP contribution in [0.3, 0.4) is 0 Å². The third-order valence-corrected chi connectivity index (χ3v) is 3.10. The van der Waals surface area contributed by atoms with Crippen LogP contribution >= 0.6 is 11.6 Å². The van der Waals surface area contributed by atoms with E-state index in [1.54, 1.807) is 6.07 Å². The van der Waals surface area contributed by atoms with Gasteiger partial charge in [0.15, 0.2) is 0 Å². The molecule has 0 bridgehead atoms. The molecule has 0 aromatic heterocycles. The molecular formula is C12H14ClFO3. The van der Waals surface area contributed by atoms with Crippen LogP contribution in [0.2, 0.25) is 5.02 Å². The Morgan fingerprint density at radius 3 is 2.94 bits per heavy atom. The van der Waals surface area contributed by atoms with Gasteiger partial charge in [0, 0.05) is 17.0 Å². The number of aliphatic hydroxyl groups excluding tert-OH is 1. The highest BCUT2D eigenvalue weighted by molar-refractivity contribution is 6.31. The van der Waals surface area contributed by atoms with Crippen LogP contribution in [0.25, 0.3) is 0 Å². The predicted octanol–water partition coefficient (Wildman–Crippen LogP) is 1.80. The molecule has 1 heterocycles. The molecule has 5 heteroatoms. The fourth-order valence-corrected chi connectivity index (χ4v) is 2.04. The van der Waals surface area contributed by atoms with Crippen molar-refractivity contribution in [2.45, 2.75) is 18.6 Å². The topological polar surface area (TPSA) is 38.7 Å². The minimum atomic E-state index is -0.815. The Morgan fingerprint density at radius 2 is 2.29 bits per heavy atom. The first-order valence-electron chi connectivity index (χ1n) is 5.49. The standard InChI is InChI=1S/C12H14ClFO3/c13-9-2-1-3-10(14)8(9)6-11(15)12-7-16-4-5-17-12/h1-3,11-12,15H,4-7H2. The summed E-state index contributed by atoms with van der Waals surface area (Å²) in [5.74, 6) is -0.409. The molecule has 17 heavy (non-hydrogen) atoms. The fraction of sp³-hybridized carbons (Fsp3) is 0.500. The zero-order valence-electron chi connectivity index (χ0n) is 9.23. The molecule has 0 saturated carbocycles. The van der Waals surface area contributed by atoms with Crippen LogP contribution < -0.4 is 0 Å². The molecule has 2 atom stereocenters. The van der Waals surface area contributed by atoms with Gasteiger partial charge in [-0.1, -0.05) is 17.7 Å². The molecule has 1 aromatic carbocycles. The molecule has 2 rings (SSSR count). The van der Waals surface area contributed by atoms with Gasteiger partial charge >= 0.3 is 0 Å². The summed E-state index contributed by atoms with van der Waals surface area (Å²) < 4.78 is 24.1. The monoisotopic (exact) mass is 260 g/mol. The Kier molecular flexibility index (Phi) is 4.34. The maximum Gasteiger partial charge on any atom is 0.127 e. The lowest BCUT2D eigenvalue weighted by molar-refractivity contribution is -0.131. The minimum absolute atomic E-state index is 0.125. The van der Waals surface area contributed by atoms with Crippen molar-refractivity contribution in [2.75, 3.05) is 19.8 Å². The van der Waals surface area contributed by atoms with Crippen molar-refractivity contribution >= 4 is 11.6 Å². The van der Waals surface area contributed by atoms with E-state index in [-0.39, 0.29) is 6.42 Å². The molecule has 0 spiro atoms. The lowest BCUT2D eigenvalue weighted by atomic mass is 10.0. The smallest absolute Gasteiger partial charge is 0.127 e. The van der Waals surface area contributed by atoms with Gasteiger partial charge in [-0.15, -0.1) is 0 Å². The molecule has 1 aromatic rings. The van der Waals surface area contributed by atoms with Crippen LogP contribution in [0.15, 0.2) is 18.2 Å². The van der Waals surface area contributed by atoms with E-state index in [9.17, 15) is 9.50 Å². The van der Waals surface area contributed by atoms with Crippen molar-refractivity contribution in [3.8, 4) is 0 Å². The van der Waals surface area contributed by atoms with E-state index < -0.39 is 18.0 Å². The summed E-state index contributed by atoms with van der Waals surface area (Å²) in [5, 5.41) is 10.3. The summed E-state index contributed by atoms with van der Waals surface area (Å²) in [6, 6.07) is 4.46. The average molecular weight is 261 g/mol. The van der Waals surface area contributed by atoms with E-state index >= 15 is 0 Å². The van der Waals surface area contributed by atoms with E-state index in [4.69, 9.17) is 21.1 Å². The van der Waals surface area contributed by atoms with Crippen LogP contribution in [0.5, 0.6) is 0 Å². The quantitative estimate of drug-likeness (QED) is 0.901. The first kappa shape index (κ1) is 12.8. The third-order valence-electron chi connectivity index (χ3n) is 2.75. The number of ether oxygens (including phenoxy) is 2. The van der Waals surface area contributed by atoms with Gasteiger partial charge in [0.05, 0.1) is 25.9 Å². The fourth-order valence-electron chi connectivity index (χ4n) is 1.80. The van der Waals surface area contributed by atoms with Gasteiger partial charge in [-0.2, -0.15) is 0 Å². The molecule has 1 fully saturated rings. The lowest BCUT2D eigenvalue weighted by Crippen LogP contribution is -2.39. The van der Waals surface area contributed by atoms with Crippen LogP contribution in [0, 0.1) is 5.82 Å². The summed E-state index contributed by atoms with van der Waals surface area (Å²) in [6.45, 7) is 1.31. The molecular weight excluding hydrogens is 247 g/mol. The van der Waals surface area contributed by atoms with Gasteiger partial charge in [-0.25, -0.2) is 4.39 Å². The SMILES string of the molecule is OC(Cc1c(F)cccc1Cl)C1COCCO1. The Balaban J connectivity index is 2.04. The second-order valence-electron chi connectivity index (χ2n) is 3.96. The van der Waals surface area contributed by atoms with Gasteiger partial charge in [-0.05, 0) is 12.1 Å². The van der Waals surface area contributed by atoms with E-state index in [0.29, 0.717) is 30.4 Å². The summed E-state index contributed by atoms with van der Waals surface area (Å²) in [7, 11) is 0. The third kappa shape index (κ3) is 3.16. The molecule has 0 aliphatic carbocycles. The van der Waals surface area contributed by atoms with E-state index in [1.807, 2.05) is 0 Å². The molecule has 94 valence electrons. The van der Waals surface area contributed by atoms with Gasteiger partial charge in [0.2, 0.25) is 0 Å². The zero-order valence-corrected chi connectivity index (χ0v) is 9.99. The minimum Gasteiger partial charge on any atom is -0.390 e. The first-order valence-corrected chi connectivity index (χ1v) is 5.86. The largest absolute Gasteiger partial charge is 0.390 e. The molecule has 1 N–H and O–H groups in total. The van der Waals surface area contributed by atoms with Crippen LogP contribution in [-0.2, 0) is 15.9 Å². The lowest BCUT2D eigenvalue weighted by Gasteiger charge is -2.27. The second-order valence-corrected chi connectivity index (χ2v) is 4.36. The Morgan fingerprint density at radius 1 is 1.47 bits per heavy atom. The summed E-state index contributed by atoms with van der Waals surface area (Å²) in [6.07, 6.45) is -1.11. The molecule has 0 radical (unpaired) electrons. The van der Waals surface area contributed by atoms with Gasteiger partial charge in [0.1, 0.15) is 11.9 Å². The summed E-state index contributed by atoms with van der Waals surface area (Å²) in [4.78, 5) is 0. The van der Waals surface area contributed by atoms with Crippen molar-refractivity contribution in [1.82, 2.24) is 0 Å². The molecule has 3 nitrogen and oxygen atoms in total. The van der Waals surface area contributed by atoms with E-state index in [1.165, 1.54) is 12.1 Å². The van der Waals surface area contributed by atoms with Crippen molar-refractivity contribution in [2.24, 2.45) is 0 Å². The highest BCUT2D eigenvalue weighted by Gasteiger charge is 2.25. The van der Waals surface area contributed by atoms with Gasteiger partial charge in [-0.3, -0.25) is 0 Å². The maximum absolute atomic E-state index is 13.5. The Labute approximate surface area is 104 Å². The van der Waals surface area contributed by atoms with E-state index in [2.05, 4.69) is 0 Å². The summed E-state index contributed by atoms with van der Waals surface area (Å²) in [5.41, 5.74) is 0.316. The normalized spacial score (nSPS) is 22.4. The first-order chi connectivity index (χ1) is 8.18. The second kappa shape index (κ2) is 5.78. The zero-order chi connectivity index (χ0) is 12.3. The predicted molar refractivity (Wildman–Crippen MR) is 61.7 cm³/mol. The molecule has 0 amide bonds. The maximum atomic E-state index is 13.5. The van der Waals surface area contributed by atoms with Crippen LogP contribution in [0.4, 0.5) is 4.39 Å². The number of aliphatic hydroxyl groups is 1. The number of hydrogen-bond donors (Lipinski definition) is 1. The van der Waals surface area contributed by atoms with Crippen LogP contribution in [-0.4, -0.2) is 37.1 Å². The number of rotatable bonds is 3. The number of benzene rings is 1. The van der Waals surface area contributed by atoms with Gasteiger partial charge < -0.3 is 14.6 Å². The molecule has 2 unspecified atom stereocenters. The molecule has 1 aliphatic heterocycles.